The summed E-state index contributed by atoms with van der Waals surface area (Å²) < 4.78 is 6.02. The van der Waals surface area contributed by atoms with Crippen molar-refractivity contribution < 1.29 is 9.53 Å². The van der Waals surface area contributed by atoms with Gasteiger partial charge in [0.15, 0.2) is 0 Å². The van der Waals surface area contributed by atoms with Crippen molar-refractivity contribution in [3.05, 3.63) is 11.6 Å². The topological polar surface area (TPSA) is 26.3 Å². The van der Waals surface area contributed by atoms with Crippen LogP contribution >= 0.6 is 0 Å². The molecule has 0 heterocycles. The molecule has 212 valence electrons. The van der Waals surface area contributed by atoms with E-state index in [2.05, 4.69) is 33.8 Å². The first kappa shape index (κ1) is 29.2. The average Bonchev–Trinajstić information content (AvgIpc) is 3.22. The normalized spacial score (nSPS) is 36.9. The number of esters is 1. The number of unbranched alkanes of at least 4 members (excludes halogenated alkanes) is 9. The van der Waals surface area contributed by atoms with Crippen LogP contribution in [0.3, 0.4) is 0 Å². The summed E-state index contributed by atoms with van der Waals surface area (Å²) in [4.78, 5) is 12.5. The molecule has 0 radical (unpaired) electrons. The van der Waals surface area contributed by atoms with Crippen LogP contribution in [0.25, 0.3) is 0 Å². The smallest absolute Gasteiger partial charge is 0.306 e. The van der Waals surface area contributed by atoms with Gasteiger partial charge in [0.05, 0.1) is 0 Å². The maximum Gasteiger partial charge on any atom is 0.306 e. The molecule has 0 N–H and O–H groups in total. The van der Waals surface area contributed by atoms with Gasteiger partial charge in [0.1, 0.15) is 6.10 Å². The fourth-order valence-electron chi connectivity index (χ4n) is 9.60. The SMILES string of the molecule is CCCCCCCC[C@@H]1CC[C@@H]2[C@H]3CC=C4C[C@@H](OC(=O)CCCCCCC)CC[C@]4(C)[C@H]3CC[C@]12C. The highest BCUT2D eigenvalue weighted by Crippen LogP contribution is 2.66. The van der Waals surface area contributed by atoms with Crippen molar-refractivity contribution in [3.63, 3.8) is 0 Å². The van der Waals surface area contributed by atoms with Crippen LogP contribution in [0.15, 0.2) is 11.6 Å². The Balaban J connectivity index is 1.29. The van der Waals surface area contributed by atoms with E-state index in [4.69, 9.17) is 4.74 Å². The summed E-state index contributed by atoms with van der Waals surface area (Å²) in [6, 6.07) is 0. The molecule has 7 atom stereocenters. The zero-order chi connectivity index (χ0) is 26.3. The molecule has 0 aromatic rings. The van der Waals surface area contributed by atoms with Gasteiger partial charge in [-0.25, -0.2) is 0 Å². The van der Waals surface area contributed by atoms with Crippen LogP contribution in [0.5, 0.6) is 0 Å². The number of rotatable bonds is 14. The van der Waals surface area contributed by atoms with Gasteiger partial charge in [-0.2, -0.15) is 0 Å². The van der Waals surface area contributed by atoms with Gasteiger partial charge in [-0.15, -0.1) is 0 Å². The molecule has 0 spiro atoms. The van der Waals surface area contributed by atoms with Crippen LogP contribution in [0, 0.1) is 34.5 Å². The van der Waals surface area contributed by atoms with Crippen LogP contribution in [-0.2, 0) is 9.53 Å². The third-order valence-electron chi connectivity index (χ3n) is 11.9. The maximum atomic E-state index is 12.5. The molecule has 0 amide bonds. The van der Waals surface area contributed by atoms with Gasteiger partial charge in [0.2, 0.25) is 0 Å². The molecular formula is C35H60O2. The van der Waals surface area contributed by atoms with Gasteiger partial charge in [-0.3, -0.25) is 4.79 Å². The van der Waals surface area contributed by atoms with Crippen molar-refractivity contribution in [1.82, 2.24) is 0 Å². The van der Waals surface area contributed by atoms with E-state index < -0.39 is 0 Å². The third kappa shape index (κ3) is 6.69. The second-order valence-corrected chi connectivity index (χ2v) is 14.2. The molecule has 0 unspecified atom stereocenters. The number of hydrogen-bond acceptors (Lipinski definition) is 2. The Morgan fingerprint density at radius 2 is 1.54 bits per heavy atom. The zero-order valence-electron chi connectivity index (χ0n) is 25.1. The standard InChI is InChI=1S/C35H60O2/c1-5-7-9-11-13-14-16-27-19-21-31-30-20-18-28-26-29(37-33(36)17-15-12-10-8-6-2)22-24-35(28,4)32(30)23-25-34(27,31)3/h18,27,29-32H,5-17,19-26H2,1-4H3/t27-,29+,30-,31-,32+,34-,35+/m1/s1. The van der Waals surface area contributed by atoms with Gasteiger partial charge < -0.3 is 4.74 Å². The molecule has 0 aromatic heterocycles. The maximum absolute atomic E-state index is 12.5. The Morgan fingerprint density at radius 1 is 0.838 bits per heavy atom. The van der Waals surface area contributed by atoms with E-state index in [1.54, 1.807) is 5.57 Å². The van der Waals surface area contributed by atoms with Crippen LogP contribution in [0.2, 0.25) is 0 Å². The van der Waals surface area contributed by atoms with Gasteiger partial charge >= 0.3 is 5.97 Å². The predicted molar refractivity (Wildman–Crippen MR) is 156 cm³/mol. The highest BCUT2D eigenvalue weighted by Gasteiger charge is 2.58. The van der Waals surface area contributed by atoms with Gasteiger partial charge in [0.25, 0.3) is 0 Å². The number of carbonyl (C=O) groups is 1. The largest absolute Gasteiger partial charge is 0.462 e. The number of fused-ring (bicyclic) bond motifs is 5. The Kier molecular flexibility index (Phi) is 10.7. The second kappa shape index (κ2) is 13.5. The van der Waals surface area contributed by atoms with E-state index in [1.807, 2.05) is 0 Å². The molecular weight excluding hydrogens is 452 g/mol. The van der Waals surface area contributed by atoms with Crippen molar-refractivity contribution in [2.45, 2.75) is 169 Å². The lowest BCUT2D eigenvalue weighted by Crippen LogP contribution is -2.50. The van der Waals surface area contributed by atoms with E-state index in [9.17, 15) is 4.79 Å². The van der Waals surface area contributed by atoms with Gasteiger partial charge in [0, 0.05) is 12.8 Å². The summed E-state index contributed by atoms with van der Waals surface area (Å²) >= 11 is 0. The molecule has 4 aliphatic rings. The molecule has 2 heteroatoms. The van der Waals surface area contributed by atoms with Crippen LogP contribution < -0.4 is 0 Å². The number of ether oxygens (including phenoxy) is 1. The third-order valence-corrected chi connectivity index (χ3v) is 11.9. The van der Waals surface area contributed by atoms with Crippen molar-refractivity contribution in [2.75, 3.05) is 0 Å². The van der Waals surface area contributed by atoms with Crippen LogP contribution in [0.4, 0.5) is 0 Å². The van der Waals surface area contributed by atoms with E-state index in [0.717, 1.165) is 42.9 Å². The molecule has 0 saturated heterocycles. The summed E-state index contributed by atoms with van der Waals surface area (Å²) in [7, 11) is 0. The van der Waals surface area contributed by atoms with E-state index >= 15 is 0 Å². The van der Waals surface area contributed by atoms with Crippen molar-refractivity contribution in [1.29, 1.82) is 0 Å². The lowest BCUT2D eigenvalue weighted by molar-refractivity contribution is -0.151. The second-order valence-electron chi connectivity index (χ2n) is 14.2. The Labute approximate surface area is 230 Å². The van der Waals surface area contributed by atoms with E-state index in [1.165, 1.54) is 109 Å². The molecule has 3 saturated carbocycles. The van der Waals surface area contributed by atoms with E-state index in [0.29, 0.717) is 17.3 Å². The molecule has 0 aromatic carbocycles. The first-order valence-corrected chi connectivity index (χ1v) is 16.8. The minimum atomic E-state index is 0.0511. The lowest BCUT2D eigenvalue weighted by atomic mass is 9.47. The quantitative estimate of drug-likeness (QED) is 0.131. The summed E-state index contributed by atoms with van der Waals surface area (Å²) in [5, 5.41) is 0. The molecule has 37 heavy (non-hydrogen) atoms. The van der Waals surface area contributed by atoms with Crippen LogP contribution in [-0.4, -0.2) is 12.1 Å². The molecule has 2 nitrogen and oxygen atoms in total. The highest BCUT2D eigenvalue weighted by molar-refractivity contribution is 5.69. The summed E-state index contributed by atoms with van der Waals surface area (Å²) in [6.45, 7) is 9.84. The highest BCUT2D eigenvalue weighted by atomic mass is 16.5. The number of carbonyl (C=O) groups excluding carboxylic acids is 1. The molecule has 4 aliphatic carbocycles. The van der Waals surface area contributed by atoms with Crippen molar-refractivity contribution >= 4 is 5.97 Å². The first-order valence-electron chi connectivity index (χ1n) is 16.8. The number of hydrogen-bond donors (Lipinski definition) is 0. The van der Waals surface area contributed by atoms with E-state index in [-0.39, 0.29) is 12.1 Å². The summed E-state index contributed by atoms with van der Waals surface area (Å²) in [5.41, 5.74) is 2.59. The van der Waals surface area contributed by atoms with Crippen molar-refractivity contribution in [3.8, 4) is 0 Å². The lowest BCUT2D eigenvalue weighted by Gasteiger charge is -2.58. The minimum absolute atomic E-state index is 0.0511. The molecule has 4 rings (SSSR count). The molecule has 0 bridgehead atoms. The molecule has 0 aliphatic heterocycles. The first-order chi connectivity index (χ1) is 17.9. The summed E-state index contributed by atoms with van der Waals surface area (Å²) in [6.07, 6.45) is 29.8. The van der Waals surface area contributed by atoms with Crippen molar-refractivity contribution in [2.24, 2.45) is 34.5 Å². The fourth-order valence-corrected chi connectivity index (χ4v) is 9.60. The number of allylic oxidation sites excluding steroid dienone is 1. The minimum Gasteiger partial charge on any atom is -0.462 e. The van der Waals surface area contributed by atoms with Gasteiger partial charge in [-0.1, -0.05) is 104 Å². The van der Waals surface area contributed by atoms with Crippen LogP contribution in [0.1, 0.15) is 163 Å². The monoisotopic (exact) mass is 512 g/mol. The fraction of sp³-hybridized carbons (Fsp3) is 0.914. The summed E-state index contributed by atoms with van der Waals surface area (Å²) in [5.74, 6) is 3.71. The Morgan fingerprint density at radius 3 is 2.30 bits per heavy atom. The predicted octanol–water partition coefficient (Wildman–Crippen LogP) is 10.6. The Bertz CT molecular complexity index is 754. The zero-order valence-corrected chi connectivity index (χ0v) is 25.1. The molecule has 3 fully saturated rings. The Hall–Kier alpha value is -0.790. The average molecular weight is 513 g/mol. The van der Waals surface area contributed by atoms with Gasteiger partial charge in [-0.05, 0) is 92.3 Å².